The molecule has 1 aromatic rings. The van der Waals surface area contributed by atoms with Crippen molar-refractivity contribution in [2.45, 2.75) is 44.8 Å². The van der Waals surface area contributed by atoms with Crippen LogP contribution in [0.25, 0.3) is 0 Å². The van der Waals surface area contributed by atoms with Crippen molar-refractivity contribution in [2.24, 2.45) is 5.73 Å². The van der Waals surface area contributed by atoms with Gasteiger partial charge in [-0.05, 0) is 43.4 Å². The summed E-state index contributed by atoms with van der Waals surface area (Å²) in [5.41, 5.74) is 7.16. The Kier molecular flexibility index (Phi) is 3.27. The van der Waals surface area contributed by atoms with E-state index in [2.05, 4.69) is 19.1 Å². The van der Waals surface area contributed by atoms with E-state index in [1.807, 2.05) is 12.1 Å². The van der Waals surface area contributed by atoms with Crippen molar-refractivity contribution in [3.8, 4) is 5.75 Å². The van der Waals surface area contributed by atoms with Crippen LogP contribution >= 0.6 is 0 Å². The molecule has 82 valence electrons. The van der Waals surface area contributed by atoms with Gasteiger partial charge in [-0.15, -0.1) is 0 Å². The minimum absolute atomic E-state index is 0.134. The number of hydrogen-bond donors (Lipinski definition) is 1. The average Bonchev–Trinajstić information content (AvgIpc) is 2.23. The normalized spacial score (nSPS) is 18.3. The second-order valence-corrected chi connectivity index (χ2v) is 4.26. The van der Waals surface area contributed by atoms with Gasteiger partial charge in [0.15, 0.2) is 0 Å². The highest BCUT2D eigenvalue weighted by Gasteiger charge is 2.19. The maximum Gasteiger partial charge on any atom is 0.120 e. The van der Waals surface area contributed by atoms with Gasteiger partial charge in [-0.2, -0.15) is 0 Å². The Balaban J connectivity index is 2.04. The molecule has 0 aliphatic heterocycles. The van der Waals surface area contributed by atoms with Crippen LogP contribution in [-0.4, -0.2) is 6.10 Å². The van der Waals surface area contributed by atoms with Gasteiger partial charge in [0, 0.05) is 6.04 Å². The largest absolute Gasteiger partial charge is 0.490 e. The summed E-state index contributed by atoms with van der Waals surface area (Å²) in [5, 5.41) is 0. The molecule has 0 radical (unpaired) electrons. The van der Waals surface area contributed by atoms with E-state index >= 15 is 0 Å². The van der Waals surface area contributed by atoms with Crippen molar-refractivity contribution >= 4 is 0 Å². The molecule has 0 bridgehead atoms. The molecule has 2 rings (SSSR count). The second kappa shape index (κ2) is 4.67. The molecule has 2 heteroatoms. The first-order chi connectivity index (χ1) is 7.29. The van der Waals surface area contributed by atoms with Crippen LogP contribution in [0.4, 0.5) is 0 Å². The number of hydrogen-bond acceptors (Lipinski definition) is 2. The van der Waals surface area contributed by atoms with E-state index in [1.54, 1.807) is 0 Å². The fourth-order valence-electron chi connectivity index (χ4n) is 1.74. The average molecular weight is 205 g/mol. The molecule has 0 saturated heterocycles. The lowest BCUT2D eigenvalue weighted by Gasteiger charge is -2.26. The molecule has 0 spiro atoms. The third-order valence-electron chi connectivity index (χ3n) is 3.08. The minimum Gasteiger partial charge on any atom is -0.490 e. The van der Waals surface area contributed by atoms with Gasteiger partial charge in [0.2, 0.25) is 0 Å². The van der Waals surface area contributed by atoms with E-state index < -0.39 is 0 Å². The third kappa shape index (κ3) is 2.51. The maximum absolute atomic E-state index is 5.98. The lowest BCUT2D eigenvalue weighted by Crippen LogP contribution is -2.24. The van der Waals surface area contributed by atoms with E-state index in [1.165, 1.54) is 24.8 Å². The molecule has 1 atom stereocenters. The molecule has 1 unspecified atom stereocenters. The van der Waals surface area contributed by atoms with Gasteiger partial charge in [0.1, 0.15) is 5.75 Å². The van der Waals surface area contributed by atoms with Gasteiger partial charge < -0.3 is 10.5 Å². The first kappa shape index (κ1) is 10.5. The minimum atomic E-state index is 0.134. The van der Waals surface area contributed by atoms with Gasteiger partial charge in [0.05, 0.1) is 6.10 Å². The molecule has 0 heterocycles. The molecule has 1 aliphatic rings. The molecule has 2 N–H and O–H groups in total. The highest BCUT2D eigenvalue weighted by atomic mass is 16.5. The van der Waals surface area contributed by atoms with E-state index in [0.717, 1.165) is 12.2 Å². The molecular formula is C13H19NO. The van der Waals surface area contributed by atoms with E-state index in [-0.39, 0.29) is 6.04 Å². The lowest BCUT2D eigenvalue weighted by molar-refractivity contribution is 0.120. The van der Waals surface area contributed by atoms with Gasteiger partial charge >= 0.3 is 0 Å². The summed E-state index contributed by atoms with van der Waals surface area (Å²) < 4.78 is 5.83. The second-order valence-electron chi connectivity index (χ2n) is 4.26. The summed E-state index contributed by atoms with van der Waals surface area (Å²) in [5.74, 6) is 0.973. The number of nitrogens with two attached hydrogens (primary N) is 1. The smallest absolute Gasteiger partial charge is 0.120 e. The first-order valence-electron chi connectivity index (χ1n) is 5.82. The highest BCUT2D eigenvalue weighted by Crippen LogP contribution is 2.26. The molecule has 0 amide bonds. The van der Waals surface area contributed by atoms with Crippen LogP contribution in [0.3, 0.4) is 0 Å². The molecule has 2 nitrogen and oxygen atoms in total. The van der Waals surface area contributed by atoms with Gasteiger partial charge in [-0.1, -0.05) is 19.1 Å². The summed E-state index contributed by atoms with van der Waals surface area (Å²) in [6.07, 6.45) is 5.11. The molecule has 0 aromatic heterocycles. The number of rotatable bonds is 4. The Morgan fingerprint density at radius 3 is 2.87 bits per heavy atom. The first-order valence-corrected chi connectivity index (χ1v) is 5.82. The monoisotopic (exact) mass is 205 g/mol. The maximum atomic E-state index is 5.98. The highest BCUT2D eigenvalue weighted by molar-refractivity contribution is 5.30. The number of benzene rings is 1. The Morgan fingerprint density at radius 1 is 1.47 bits per heavy atom. The standard InChI is InChI=1S/C13H19NO/c1-2-13(14)10-5-3-8-12(9-10)15-11-6-4-7-11/h3,5,8-9,11,13H,2,4,6-7,14H2,1H3. The summed E-state index contributed by atoms with van der Waals surface area (Å²) in [7, 11) is 0. The van der Waals surface area contributed by atoms with Gasteiger partial charge in [0.25, 0.3) is 0 Å². The van der Waals surface area contributed by atoms with Crippen molar-refractivity contribution in [1.82, 2.24) is 0 Å². The van der Waals surface area contributed by atoms with Crippen LogP contribution in [0.1, 0.15) is 44.2 Å². The van der Waals surface area contributed by atoms with Crippen molar-refractivity contribution in [3.05, 3.63) is 29.8 Å². The zero-order valence-electron chi connectivity index (χ0n) is 9.28. The van der Waals surface area contributed by atoms with E-state index in [9.17, 15) is 0 Å². The predicted octanol–water partition coefficient (Wildman–Crippen LogP) is 3.03. The van der Waals surface area contributed by atoms with Crippen molar-refractivity contribution < 1.29 is 4.74 Å². The molecule has 1 fully saturated rings. The van der Waals surface area contributed by atoms with E-state index in [4.69, 9.17) is 10.5 Å². The molecule has 1 saturated carbocycles. The molecular weight excluding hydrogens is 186 g/mol. The fraction of sp³-hybridized carbons (Fsp3) is 0.538. The van der Waals surface area contributed by atoms with Crippen molar-refractivity contribution in [3.63, 3.8) is 0 Å². The topological polar surface area (TPSA) is 35.2 Å². The fourth-order valence-corrected chi connectivity index (χ4v) is 1.74. The van der Waals surface area contributed by atoms with Crippen LogP contribution in [0.15, 0.2) is 24.3 Å². The summed E-state index contributed by atoms with van der Waals surface area (Å²) >= 11 is 0. The zero-order valence-corrected chi connectivity index (χ0v) is 9.28. The summed E-state index contributed by atoms with van der Waals surface area (Å²) in [6.45, 7) is 2.10. The third-order valence-corrected chi connectivity index (χ3v) is 3.08. The Labute approximate surface area is 91.4 Å². The lowest BCUT2D eigenvalue weighted by atomic mass is 9.96. The number of ether oxygens (including phenoxy) is 1. The quantitative estimate of drug-likeness (QED) is 0.820. The van der Waals surface area contributed by atoms with Crippen LogP contribution in [0.2, 0.25) is 0 Å². The summed E-state index contributed by atoms with van der Waals surface area (Å²) in [6, 6.07) is 8.33. The van der Waals surface area contributed by atoms with Gasteiger partial charge in [-0.25, -0.2) is 0 Å². The van der Waals surface area contributed by atoms with Gasteiger partial charge in [-0.3, -0.25) is 0 Å². The van der Waals surface area contributed by atoms with Crippen LogP contribution in [0.5, 0.6) is 5.75 Å². The summed E-state index contributed by atoms with van der Waals surface area (Å²) in [4.78, 5) is 0. The Morgan fingerprint density at radius 2 is 2.27 bits per heavy atom. The predicted molar refractivity (Wildman–Crippen MR) is 61.9 cm³/mol. The van der Waals surface area contributed by atoms with Crippen LogP contribution < -0.4 is 10.5 Å². The molecule has 15 heavy (non-hydrogen) atoms. The van der Waals surface area contributed by atoms with Crippen LogP contribution in [0, 0.1) is 0 Å². The van der Waals surface area contributed by atoms with Crippen LogP contribution in [-0.2, 0) is 0 Å². The Bertz CT molecular complexity index is 320. The van der Waals surface area contributed by atoms with Crippen molar-refractivity contribution in [1.29, 1.82) is 0 Å². The van der Waals surface area contributed by atoms with Crippen molar-refractivity contribution in [2.75, 3.05) is 0 Å². The molecule has 1 aliphatic carbocycles. The zero-order chi connectivity index (χ0) is 10.7. The molecule has 1 aromatic carbocycles. The Hall–Kier alpha value is -1.02. The SMILES string of the molecule is CCC(N)c1cccc(OC2CCC2)c1. The van der Waals surface area contributed by atoms with E-state index in [0.29, 0.717) is 6.10 Å².